The van der Waals surface area contributed by atoms with Gasteiger partial charge in [-0.05, 0) is 18.9 Å². The molecule has 0 aromatic carbocycles. The molecule has 1 fully saturated rings. The third-order valence-corrected chi connectivity index (χ3v) is 2.78. The van der Waals surface area contributed by atoms with Crippen molar-refractivity contribution >= 4 is 10.1 Å². The van der Waals surface area contributed by atoms with Crippen LogP contribution in [-0.4, -0.2) is 24.7 Å². The lowest BCUT2D eigenvalue weighted by molar-refractivity contribution is 0.304. The molecule has 66 valence electrons. The standard InChI is InChI=1S/C6H8N2O3S/c9-12(10,11-5-1-2-5)6-3-4-7-8-6/h3-5H,1-2H2,(H,7,8). The molecule has 0 aliphatic heterocycles. The fraction of sp³-hybridized carbons (Fsp3) is 0.500. The third-order valence-electron chi connectivity index (χ3n) is 1.52. The SMILES string of the molecule is O=S(=O)(OC1CC1)c1cc[nH]n1. The number of hydrogen-bond acceptors (Lipinski definition) is 4. The summed E-state index contributed by atoms with van der Waals surface area (Å²) in [6.45, 7) is 0. The summed E-state index contributed by atoms with van der Waals surface area (Å²) in [5.74, 6) is 0. The quantitative estimate of drug-likeness (QED) is 0.691. The Hall–Kier alpha value is -0.880. The highest BCUT2D eigenvalue weighted by Crippen LogP contribution is 2.27. The molecule has 0 atom stereocenters. The van der Waals surface area contributed by atoms with E-state index in [9.17, 15) is 8.42 Å². The van der Waals surface area contributed by atoms with E-state index in [0.29, 0.717) is 0 Å². The average Bonchev–Trinajstić information content (AvgIpc) is 2.67. The van der Waals surface area contributed by atoms with Gasteiger partial charge in [0.05, 0.1) is 6.10 Å². The van der Waals surface area contributed by atoms with Crippen LogP contribution in [0.3, 0.4) is 0 Å². The van der Waals surface area contributed by atoms with Crippen LogP contribution in [0.5, 0.6) is 0 Å². The van der Waals surface area contributed by atoms with Crippen LogP contribution in [0.2, 0.25) is 0 Å². The predicted octanol–water partition coefficient (Wildman–Crippen LogP) is 0.277. The second-order valence-corrected chi connectivity index (χ2v) is 4.18. The first kappa shape index (κ1) is 7.75. The van der Waals surface area contributed by atoms with Crippen molar-refractivity contribution in [3.63, 3.8) is 0 Å². The molecule has 6 heteroatoms. The van der Waals surface area contributed by atoms with E-state index in [1.165, 1.54) is 12.3 Å². The molecule has 0 saturated heterocycles. The molecular formula is C6H8N2O3S. The van der Waals surface area contributed by atoms with Crippen molar-refractivity contribution < 1.29 is 12.6 Å². The first-order chi connectivity index (χ1) is 5.68. The number of H-pyrrole nitrogens is 1. The number of aromatic amines is 1. The van der Waals surface area contributed by atoms with E-state index in [1.54, 1.807) is 0 Å². The zero-order valence-corrected chi connectivity index (χ0v) is 7.04. The lowest BCUT2D eigenvalue weighted by atomic mass is 10.8. The number of nitrogens with one attached hydrogen (secondary N) is 1. The van der Waals surface area contributed by atoms with Crippen LogP contribution in [0.1, 0.15) is 12.8 Å². The van der Waals surface area contributed by atoms with Gasteiger partial charge in [-0.15, -0.1) is 0 Å². The van der Waals surface area contributed by atoms with Gasteiger partial charge in [0.2, 0.25) is 5.03 Å². The molecule has 1 aliphatic rings. The fourth-order valence-electron chi connectivity index (χ4n) is 0.779. The number of aromatic nitrogens is 2. The first-order valence-electron chi connectivity index (χ1n) is 3.61. The normalized spacial score (nSPS) is 18.0. The smallest absolute Gasteiger partial charge is 0.284 e. The van der Waals surface area contributed by atoms with E-state index in [-0.39, 0.29) is 11.1 Å². The maximum absolute atomic E-state index is 11.2. The van der Waals surface area contributed by atoms with Crippen molar-refractivity contribution in [2.75, 3.05) is 0 Å². The molecule has 5 nitrogen and oxygen atoms in total. The van der Waals surface area contributed by atoms with Crippen molar-refractivity contribution in [2.45, 2.75) is 24.0 Å². The Kier molecular flexibility index (Phi) is 1.66. The summed E-state index contributed by atoms with van der Waals surface area (Å²) in [6.07, 6.45) is 2.97. The van der Waals surface area contributed by atoms with Crippen molar-refractivity contribution in [3.8, 4) is 0 Å². The summed E-state index contributed by atoms with van der Waals surface area (Å²) in [7, 11) is -3.60. The Morgan fingerprint density at radius 3 is 2.83 bits per heavy atom. The number of hydrogen-bond donors (Lipinski definition) is 1. The van der Waals surface area contributed by atoms with Gasteiger partial charge in [0, 0.05) is 6.20 Å². The Balaban J connectivity index is 2.20. The highest BCUT2D eigenvalue weighted by Gasteiger charge is 2.30. The van der Waals surface area contributed by atoms with Crippen molar-refractivity contribution in [3.05, 3.63) is 12.3 Å². The van der Waals surface area contributed by atoms with Crippen LogP contribution in [0.15, 0.2) is 17.3 Å². The van der Waals surface area contributed by atoms with Crippen molar-refractivity contribution in [1.29, 1.82) is 0 Å². The average molecular weight is 188 g/mol. The van der Waals surface area contributed by atoms with Crippen molar-refractivity contribution in [2.24, 2.45) is 0 Å². The second kappa shape index (κ2) is 2.56. The van der Waals surface area contributed by atoms with Crippen LogP contribution in [0, 0.1) is 0 Å². The van der Waals surface area contributed by atoms with E-state index in [0.717, 1.165) is 12.8 Å². The molecule has 0 amide bonds. The maximum atomic E-state index is 11.2. The second-order valence-electron chi connectivity index (χ2n) is 2.66. The summed E-state index contributed by atoms with van der Waals surface area (Å²) in [5, 5.41) is 5.90. The van der Waals surface area contributed by atoms with Gasteiger partial charge < -0.3 is 0 Å². The minimum Gasteiger partial charge on any atom is -0.284 e. The molecule has 0 radical (unpaired) electrons. The number of nitrogens with zero attached hydrogens (tertiary/aromatic N) is 1. The molecule has 1 aromatic rings. The van der Waals surface area contributed by atoms with Gasteiger partial charge in [0.15, 0.2) is 0 Å². The highest BCUT2D eigenvalue weighted by atomic mass is 32.2. The van der Waals surface area contributed by atoms with Crippen LogP contribution in [0.25, 0.3) is 0 Å². The lowest BCUT2D eigenvalue weighted by Crippen LogP contribution is -2.08. The Bertz CT molecular complexity index is 352. The Morgan fingerprint density at radius 1 is 1.58 bits per heavy atom. The molecule has 1 saturated carbocycles. The van der Waals surface area contributed by atoms with E-state index in [2.05, 4.69) is 10.2 Å². The monoisotopic (exact) mass is 188 g/mol. The molecular weight excluding hydrogens is 180 g/mol. The van der Waals surface area contributed by atoms with Gasteiger partial charge in [-0.25, -0.2) is 0 Å². The largest absolute Gasteiger partial charge is 0.316 e. The van der Waals surface area contributed by atoms with Crippen molar-refractivity contribution in [1.82, 2.24) is 10.2 Å². The van der Waals surface area contributed by atoms with Gasteiger partial charge in [0.1, 0.15) is 0 Å². The van der Waals surface area contributed by atoms with Crippen LogP contribution in [0.4, 0.5) is 0 Å². The number of rotatable bonds is 3. The lowest BCUT2D eigenvalue weighted by Gasteiger charge is -1.98. The fourth-order valence-corrected chi connectivity index (χ4v) is 1.83. The molecule has 0 bridgehead atoms. The highest BCUT2D eigenvalue weighted by molar-refractivity contribution is 7.86. The molecule has 2 rings (SSSR count). The summed E-state index contributed by atoms with van der Waals surface area (Å²) < 4.78 is 27.3. The van der Waals surface area contributed by atoms with E-state index < -0.39 is 10.1 Å². The summed E-state index contributed by atoms with van der Waals surface area (Å²) >= 11 is 0. The van der Waals surface area contributed by atoms with Crippen LogP contribution < -0.4 is 0 Å². The van der Waals surface area contributed by atoms with Gasteiger partial charge >= 0.3 is 10.1 Å². The van der Waals surface area contributed by atoms with Gasteiger partial charge in [-0.3, -0.25) is 9.28 Å². The summed E-state index contributed by atoms with van der Waals surface area (Å²) in [4.78, 5) is 0. The molecule has 1 aromatic heterocycles. The molecule has 12 heavy (non-hydrogen) atoms. The Labute approximate surface area is 69.9 Å². The maximum Gasteiger partial charge on any atom is 0.316 e. The molecule has 1 N–H and O–H groups in total. The van der Waals surface area contributed by atoms with Crippen LogP contribution in [-0.2, 0) is 14.3 Å². The van der Waals surface area contributed by atoms with Gasteiger partial charge in [-0.1, -0.05) is 0 Å². The van der Waals surface area contributed by atoms with Gasteiger partial charge in [0.25, 0.3) is 0 Å². The molecule has 1 heterocycles. The summed E-state index contributed by atoms with van der Waals surface area (Å²) in [6, 6.07) is 1.37. The molecule has 0 unspecified atom stereocenters. The van der Waals surface area contributed by atoms with E-state index in [1.807, 2.05) is 0 Å². The minimum absolute atomic E-state index is 0.0469. The Morgan fingerprint density at radius 2 is 2.33 bits per heavy atom. The van der Waals surface area contributed by atoms with E-state index in [4.69, 9.17) is 4.18 Å². The molecule has 1 aliphatic carbocycles. The van der Waals surface area contributed by atoms with E-state index >= 15 is 0 Å². The zero-order valence-electron chi connectivity index (χ0n) is 6.23. The summed E-state index contributed by atoms with van der Waals surface area (Å²) in [5.41, 5.74) is 0. The minimum atomic E-state index is -3.60. The zero-order chi connectivity index (χ0) is 8.60. The van der Waals surface area contributed by atoms with Gasteiger partial charge in [-0.2, -0.15) is 13.5 Å². The first-order valence-corrected chi connectivity index (χ1v) is 5.02. The third kappa shape index (κ3) is 1.49. The topological polar surface area (TPSA) is 72.1 Å². The van der Waals surface area contributed by atoms with Crippen LogP contribution >= 0.6 is 0 Å². The molecule has 0 spiro atoms. The predicted molar refractivity (Wildman–Crippen MR) is 39.9 cm³/mol.